The van der Waals surface area contributed by atoms with E-state index in [9.17, 15) is 9.59 Å². The first-order valence-corrected chi connectivity index (χ1v) is 8.14. The van der Waals surface area contributed by atoms with Crippen molar-refractivity contribution in [1.29, 1.82) is 0 Å². The number of carbonyl (C=O) groups excluding carboxylic acids is 2. The maximum atomic E-state index is 12.8. The predicted octanol–water partition coefficient (Wildman–Crippen LogP) is 1.94. The number of amides is 2. The zero-order valence-electron chi connectivity index (χ0n) is 12.6. The van der Waals surface area contributed by atoms with Gasteiger partial charge in [0, 0.05) is 19.0 Å². The molecule has 0 aromatic rings. The first kappa shape index (κ1) is 13.9. The molecule has 3 unspecified atom stereocenters. The highest BCUT2D eigenvalue weighted by atomic mass is 16.2. The summed E-state index contributed by atoms with van der Waals surface area (Å²) in [6.45, 7) is 5.18. The lowest BCUT2D eigenvalue weighted by Gasteiger charge is -2.39. The third-order valence-corrected chi connectivity index (χ3v) is 5.13. The fraction of sp³-hybridized carbons (Fsp3) is 0.875. The minimum absolute atomic E-state index is 0.0506. The van der Waals surface area contributed by atoms with Crippen LogP contribution in [0.3, 0.4) is 0 Å². The molecule has 1 heterocycles. The van der Waals surface area contributed by atoms with E-state index in [2.05, 4.69) is 19.2 Å². The second-order valence-electron chi connectivity index (χ2n) is 7.24. The zero-order valence-corrected chi connectivity index (χ0v) is 12.6. The third kappa shape index (κ3) is 2.84. The molecule has 3 fully saturated rings. The quantitative estimate of drug-likeness (QED) is 0.839. The minimum Gasteiger partial charge on any atom is -0.344 e. The van der Waals surface area contributed by atoms with Crippen LogP contribution in [0.25, 0.3) is 0 Å². The van der Waals surface area contributed by atoms with Crippen molar-refractivity contribution in [2.24, 2.45) is 17.8 Å². The molecule has 0 aromatic heterocycles. The van der Waals surface area contributed by atoms with E-state index in [1.165, 1.54) is 6.42 Å². The summed E-state index contributed by atoms with van der Waals surface area (Å²) in [5.74, 6) is 2.00. The molecule has 112 valence electrons. The Hall–Kier alpha value is -1.06. The van der Waals surface area contributed by atoms with Crippen LogP contribution in [0.2, 0.25) is 0 Å². The molecule has 3 rings (SSSR count). The topological polar surface area (TPSA) is 49.4 Å². The summed E-state index contributed by atoms with van der Waals surface area (Å²) in [4.78, 5) is 26.7. The van der Waals surface area contributed by atoms with Crippen LogP contribution in [0.1, 0.15) is 52.4 Å². The molecule has 1 aliphatic heterocycles. The van der Waals surface area contributed by atoms with Gasteiger partial charge in [0.1, 0.15) is 6.04 Å². The van der Waals surface area contributed by atoms with Crippen LogP contribution < -0.4 is 5.32 Å². The highest BCUT2D eigenvalue weighted by Gasteiger charge is 2.43. The summed E-state index contributed by atoms with van der Waals surface area (Å²) in [6, 6.07) is 0.104. The maximum absolute atomic E-state index is 12.8. The summed E-state index contributed by atoms with van der Waals surface area (Å²) in [5.41, 5.74) is 0. The average Bonchev–Trinajstić information content (AvgIpc) is 3.18. The summed E-state index contributed by atoms with van der Waals surface area (Å²) in [5, 5.41) is 2.95. The normalized spacial score (nSPS) is 39.4. The molecule has 4 nitrogen and oxygen atoms in total. The van der Waals surface area contributed by atoms with Crippen LogP contribution >= 0.6 is 0 Å². The van der Waals surface area contributed by atoms with Gasteiger partial charge in [-0.1, -0.05) is 13.8 Å². The van der Waals surface area contributed by atoms with Crippen molar-refractivity contribution in [3.8, 4) is 0 Å². The van der Waals surface area contributed by atoms with Crippen LogP contribution in [-0.4, -0.2) is 35.3 Å². The van der Waals surface area contributed by atoms with Gasteiger partial charge in [-0.3, -0.25) is 9.59 Å². The van der Waals surface area contributed by atoms with Crippen molar-refractivity contribution in [2.75, 3.05) is 6.54 Å². The Kier molecular flexibility index (Phi) is 3.74. The lowest BCUT2D eigenvalue weighted by molar-refractivity contribution is -0.137. The van der Waals surface area contributed by atoms with Crippen molar-refractivity contribution in [3.05, 3.63) is 0 Å². The van der Waals surface area contributed by atoms with E-state index in [0.717, 1.165) is 25.7 Å². The van der Waals surface area contributed by atoms with Gasteiger partial charge in [0.2, 0.25) is 11.8 Å². The summed E-state index contributed by atoms with van der Waals surface area (Å²) < 4.78 is 0. The van der Waals surface area contributed by atoms with Crippen LogP contribution in [-0.2, 0) is 9.59 Å². The number of carbonyl (C=O) groups is 2. The number of nitrogens with one attached hydrogen (secondary N) is 1. The van der Waals surface area contributed by atoms with Gasteiger partial charge in [0.05, 0.1) is 0 Å². The van der Waals surface area contributed by atoms with Crippen molar-refractivity contribution >= 4 is 11.8 Å². The fourth-order valence-electron chi connectivity index (χ4n) is 4.09. The Bertz CT molecular complexity index is 395. The van der Waals surface area contributed by atoms with E-state index in [0.29, 0.717) is 36.8 Å². The largest absolute Gasteiger partial charge is 0.344 e. The van der Waals surface area contributed by atoms with Gasteiger partial charge in [-0.25, -0.2) is 0 Å². The summed E-state index contributed by atoms with van der Waals surface area (Å²) in [7, 11) is 0. The number of hydrogen-bond acceptors (Lipinski definition) is 2. The van der Waals surface area contributed by atoms with Crippen molar-refractivity contribution in [2.45, 2.75) is 64.5 Å². The van der Waals surface area contributed by atoms with Gasteiger partial charge in [0.15, 0.2) is 0 Å². The van der Waals surface area contributed by atoms with Gasteiger partial charge >= 0.3 is 0 Å². The Morgan fingerprint density at radius 1 is 1.05 bits per heavy atom. The average molecular weight is 278 g/mol. The molecule has 4 heteroatoms. The van der Waals surface area contributed by atoms with Crippen molar-refractivity contribution in [1.82, 2.24) is 10.2 Å². The Morgan fingerprint density at radius 2 is 1.70 bits per heavy atom. The van der Waals surface area contributed by atoms with Crippen LogP contribution in [0, 0.1) is 17.8 Å². The van der Waals surface area contributed by atoms with E-state index >= 15 is 0 Å². The van der Waals surface area contributed by atoms with E-state index in [4.69, 9.17) is 0 Å². The molecule has 2 saturated carbocycles. The number of rotatable bonds is 2. The fourth-order valence-corrected chi connectivity index (χ4v) is 4.09. The molecule has 1 saturated heterocycles. The predicted molar refractivity (Wildman–Crippen MR) is 77.0 cm³/mol. The Balaban J connectivity index is 1.76. The number of hydrogen-bond donors (Lipinski definition) is 1. The maximum Gasteiger partial charge on any atom is 0.245 e. The molecule has 2 aliphatic carbocycles. The Morgan fingerprint density at radius 3 is 2.30 bits per heavy atom. The molecule has 3 atom stereocenters. The van der Waals surface area contributed by atoms with Crippen LogP contribution in [0.15, 0.2) is 0 Å². The molecule has 0 aromatic carbocycles. The van der Waals surface area contributed by atoms with Crippen molar-refractivity contribution < 1.29 is 9.59 Å². The van der Waals surface area contributed by atoms with E-state index < -0.39 is 0 Å². The van der Waals surface area contributed by atoms with Gasteiger partial charge in [0.25, 0.3) is 0 Å². The molecule has 1 N–H and O–H groups in total. The molecule has 0 bridgehead atoms. The Labute approximate surface area is 121 Å². The first-order chi connectivity index (χ1) is 9.54. The zero-order chi connectivity index (χ0) is 14.3. The minimum atomic E-state index is -0.238. The van der Waals surface area contributed by atoms with Crippen molar-refractivity contribution in [3.63, 3.8) is 0 Å². The van der Waals surface area contributed by atoms with Gasteiger partial charge in [-0.2, -0.15) is 0 Å². The second-order valence-corrected chi connectivity index (χ2v) is 7.24. The molecule has 0 radical (unpaired) electrons. The molecule has 20 heavy (non-hydrogen) atoms. The van der Waals surface area contributed by atoms with Crippen LogP contribution in [0.5, 0.6) is 0 Å². The smallest absolute Gasteiger partial charge is 0.245 e. The van der Waals surface area contributed by atoms with Gasteiger partial charge < -0.3 is 10.2 Å². The lowest BCUT2D eigenvalue weighted by Crippen LogP contribution is -2.51. The van der Waals surface area contributed by atoms with E-state index in [-0.39, 0.29) is 17.9 Å². The monoisotopic (exact) mass is 278 g/mol. The highest BCUT2D eigenvalue weighted by molar-refractivity contribution is 5.90. The second kappa shape index (κ2) is 5.38. The van der Waals surface area contributed by atoms with E-state index in [1.807, 2.05) is 4.90 Å². The summed E-state index contributed by atoms with van der Waals surface area (Å²) >= 11 is 0. The molecule has 0 spiro atoms. The highest BCUT2D eigenvalue weighted by Crippen LogP contribution is 2.37. The summed E-state index contributed by atoms with van der Waals surface area (Å²) in [6.07, 6.45) is 6.10. The van der Waals surface area contributed by atoms with Gasteiger partial charge in [-0.05, 0) is 49.9 Å². The van der Waals surface area contributed by atoms with E-state index in [1.54, 1.807) is 0 Å². The molecule has 3 aliphatic rings. The lowest BCUT2D eigenvalue weighted by atomic mass is 9.79. The molecule has 2 amide bonds. The van der Waals surface area contributed by atoms with Crippen LogP contribution in [0.4, 0.5) is 0 Å². The number of nitrogens with zero attached hydrogens (tertiary/aromatic N) is 1. The molecular formula is C16H26N2O2. The SMILES string of the molecule is CC1CC(C)CC(N2CCC(=O)NC(C3CC3)C2=O)C1. The standard InChI is InChI=1S/C16H26N2O2/c1-10-7-11(2)9-13(8-10)18-6-5-14(19)17-15(16(18)20)12-3-4-12/h10-13,15H,3-9H2,1-2H3,(H,17,19). The third-order valence-electron chi connectivity index (χ3n) is 5.13. The van der Waals surface area contributed by atoms with Gasteiger partial charge in [-0.15, -0.1) is 0 Å². The molecular weight excluding hydrogens is 252 g/mol. The first-order valence-electron chi connectivity index (χ1n) is 8.14.